The van der Waals surface area contributed by atoms with Gasteiger partial charge in [-0.25, -0.2) is 0 Å². The summed E-state index contributed by atoms with van der Waals surface area (Å²) in [6.45, 7) is 0. The predicted octanol–water partition coefficient (Wildman–Crippen LogP) is 4.43. The first-order chi connectivity index (χ1) is 9.03. The van der Waals surface area contributed by atoms with Gasteiger partial charge in [0.15, 0.2) is 0 Å². The van der Waals surface area contributed by atoms with Crippen molar-refractivity contribution in [3.05, 3.63) is 33.8 Å². The van der Waals surface area contributed by atoms with Crippen molar-refractivity contribution in [2.45, 2.75) is 32.1 Å². The number of carboxylic acid groups (broad SMARTS) is 1. The van der Waals surface area contributed by atoms with Crippen molar-refractivity contribution >= 4 is 29.2 Å². The summed E-state index contributed by atoms with van der Waals surface area (Å²) in [6.07, 6.45) is 4.49. The van der Waals surface area contributed by atoms with Crippen molar-refractivity contribution in [2.75, 3.05) is 0 Å². The Kier molecular flexibility index (Phi) is 3.26. The van der Waals surface area contributed by atoms with Gasteiger partial charge in [0.05, 0.1) is 5.41 Å². The van der Waals surface area contributed by atoms with Crippen LogP contribution < -0.4 is 0 Å². The molecule has 1 aromatic carbocycles. The summed E-state index contributed by atoms with van der Waals surface area (Å²) in [5.74, 6) is 0.167. The van der Waals surface area contributed by atoms with Gasteiger partial charge in [0.25, 0.3) is 0 Å². The van der Waals surface area contributed by atoms with Gasteiger partial charge in [-0.3, -0.25) is 4.79 Å². The molecule has 0 amide bonds. The van der Waals surface area contributed by atoms with Crippen LogP contribution in [0.25, 0.3) is 0 Å². The molecule has 4 heteroatoms. The Morgan fingerprint density at radius 1 is 1.32 bits per heavy atom. The topological polar surface area (TPSA) is 37.3 Å². The zero-order valence-corrected chi connectivity index (χ0v) is 12.0. The molecule has 2 aliphatic carbocycles. The van der Waals surface area contributed by atoms with Gasteiger partial charge in [-0.05, 0) is 55.2 Å². The predicted molar refractivity (Wildman–Crippen MR) is 75.7 cm³/mol. The van der Waals surface area contributed by atoms with Crippen LogP contribution in [-0.4, -0.2) is 11.1 Å². The number of aliphatic carboxylic acids is 1. The molecule has 0 saturated heterocycles. The van der Waals surface area contributed by atoms with E-state index >= 15 is 0 Å². The molecule has 102 valence electrons. The number of halogens is 2. The quantitative estimate of drug-likeness (QED) is 0.896. The van der Waals surface area contributed by atoms with Crippen molar-refractivity contribution in [1.82, 2.24) is 0 Å². The van der Waals surface area contributed by atoms with Crippen LogP contribution >= 0.6 is 23.2 Å². The summed E-state index contributed by atoms with van der Waals surface area (Å²) in [6, 6.07) is 5.36. The van der Waals surface area contributed by atoms with Crippen LogP contribution in [0.5, 0.6) is 0 Å². The Morgan fingerprint density at radius 3 is 2.47 bits per heavy atom. The average Bonchev–Trinajstić information content (AvgIpc) is 2.94. The molecule has 3 unspecified atom stereocenters. The minimum absolute atomic E-state index is 0.280. The lowest BCUT2D eigenvalue weighted by Gasteiger charge is -2.34. The minimum atomic E-state index is -0.685. The number of hydrogen-bond acceptors (Lipinski definition) is 1. The molecule has 2 aliphatic rings. The summed E-state index contributed by atoms with van der Waals surface area (Å²) in [4.78, 5) is 11.9. The first-order valence-corrected chi connectivity index (χ1v) is 7.45. The number of fused-ring (bicyclic) bond motifs is 2. The van der Waals surface area contributed by atoms with Crippen LogP contribution in [0, 0.1) is 17.3 Å². The summed E-state index contributed by atoms with van der Waals surface area (Å²) >= 11 is 12.4. The van der Waals surface area contributed by atoms with E-state index in [1.54, 1.807) is 18.2 Å². The molecular weight excluding hydrogens is 283 g/mol. The van der Waals surface area contributed by atoms with Gasteiger partial charge in [0.2, 0.25) is 0 Å². The molecular formula is C15H16Cl2O2. The highest BCUT2D eigenvalue weighted by molar-refractivity contribution is 6.36. The molecule has 0 heterocycles. The SMILES string of the molecule is O=C(O)C1(Cc2c(Cl)cccc2Cl)CC2CCC1C2. The molecule has 1 aromatic rings. The smallest absolute Gasteiger partial charge is 0.310 e. The van der Waals surface area contributed by atoms with E-state index in [1.807, 2.05) is 0 Å². The molecule has 2 saturated carbocycles. The van der Waals surface area contributed by atoms with Crippen molar-refractivity contribution in [3.8, 4) is 0 Å². The molecule has 0 spiro atoms. The van der Waals surface area contributed by atoms with Gasteiger partial charge in [-0.1, -0.05) is 35.7 Å². The fourth-order valence-corrected chi connectivity index (χ4v) is 4.55. The number of rotatable bonds is 3. The lowest BCUT2D eigenvalue weighted by molar-refractivity contribution is -0.152. The molecule has 0 aliphatic heterocycles. The van der Waals surface area contributed by atoms with Crippen LogP contribution in [0.15, 0.2) is 18.2 Å². The van der Waals surface area contributed by atoms with Crippen molar-refractivity contribution < 1.29 is 9.90 Å². The lowest BCUT2D eigenvalue weighted by atomic mass is 9.69. The Hall–Kier alpha value is -0.730. The van der Waals surface area contributed by atoms with E-state index in [1.165, 1.54) is 6.42 Å². The molecule has 2 bridgehead atoms. The van der Waals surface area contributed by atoms with Crippen molar-refractivity contribution in [1.29, 1.82) is 0 Å². The maximum atomic E-state index is 11.9. The highest BCUT2D eigenvalue weighted by atomic mass is 35.5. The van der Waals surface area contributed by atoms with E-state index in [4.69, 9.17) is 23.2 Å². The third kappa shape index (κ3) is 2.05. The Balaban J connectivity index is 1.98. The van der Waals surface area contributed by atoms with Crippen LogP contribution in [0.1, 0.15) is 31.2 Å². The van der Waals surface area contributed by atoms with Crippen LogP contribution in [0.3, 0.4) is 0 Å². The largest absolute Gasteiger partial charge is 0.481 e. The Labute approximate surface area is 122 Å². The molecule has 3 atom stereocenters. The molecule has 0 radical (unpaired) electrons. The second-order valence-electron chi connectivity index (χ2n) is 5.92. The summed E-state index contributed by atoms with van der Waals surface area (Å²) < 4.78 is 0. The Bertz CT molecular complexity index is 509. The molecule has 2 nitrogen and oxygen atoms in total. The van der Waals surface area contributed by atoms with E-state index in [9.17, 15) is 9.90 Å². The third-order valence-corrected chi connectivity index (χ3v) is 5.66. The fourth-order valence-electron chi connectivity index (χ4n) is 4.01. The first-order valence-electron chi connectivity index (χ1n) is 6.69. The van der Waals surface area contributed by atoms with Crippen molar-refractivity contribution in [2.24, 2.45) is 17.3 Å². The van der Waals surface area contributed by atoms with Crippen LogP contribution in [-0.2, 0) is 11.2 Å². The number of benzene rings is 1. The van der Waals surface area contributed by atoms with Crippen molar-refractivity contribution in [3.63, 3.8) is 0 Å². The summed E-state index contributed by atoms with van der Waals surface area (Å²) in [5, 5.41) is 10.9. The Morgan fingerprint density at radius 2 is 2.00 bits per heavy atom. The molecule has 3 rings (SSSR count). The van der Waals surface area contributed by atoms with E-state index in [2.05, 4.69) is 0 Å². The molecule has 1 N–H and O–H groups in total. The van der Waals surface area contributed by atoms with Gasteiger partial charge in [0, 0.05) is 10.0 Å². The molecule has 19 heavy (non-hydrogen) atoms. The number of carbonyl (C=O) groups is 1. The normalized spacial score (nSPS) is 32.7. The van der Waals surface area contributed by atoms with Crippen LogP contribution in [0.2, 0.25) is 10.0 Å². The number of carboxylic acids is 1. The average molecular weight is 299 g/mol. The number of hydrogen-bond donors (Lipinski definition) is 1. The van der Waals surface area contributed by atoms with Crippen LogP contribution in [0.4, 0.5) is 0 Å². The van der Waals surface area contributed by atoms with Gasteiger partial charge in [0.1, 0.15) is 0 Å². The maximum absolute atomic E-state index is 11.9. The van der Waals surface area contributed by atoms with Gasteiger partial charge in [-0.2, -0.15) is 0 Å². The third-order valence-electron chi connectivity index (χ3n) is 4.96. The zero-order valence-electron chi connectivity index (χ0n) is 10.5. The monoisotopic (exact) mass is 298 g/mol. The minimum Gasteiger partial charge on any atom is -0.481 e. The van der Waals surface area contributed by atoms with E-state index in [0.29, 0.717) is 22.4 Å². The zero-order chi connectivity index (χ0) is 13.6. The van der Waals surface area contributed by atoms with E-state index in [0.717, 1.165) is 24.8 Å². The van der Waals surface area contributed by atoms with Gasteiger partial charge in [-0.15, -0.1) is 0 Å². The van der Waals surface area contributed by atoms with E-state index < -0.39 is 11.4 Å². The highest BCUT2D eigenvalue weighted by Gasteiger charge is 2.55. The van der Waals surface area contributed by atoms with Gasteiger partial charge >= 0.3 is 5.97 Å². The van der Waals surface area contributed by atoms with E-state index in [-0.39, 0.29) is 5.92 Å². The summed E-state index contributed by atoms with van der Waals surface area (Å²) in [5.41, 5.74) is 0.137. The summed E-state index contributed by atoms with van der Waals surface area (Å²) in [7, 11) is 0. The first kappa shape index (κ1) is 13.3. The lowest BCUT2D eigenvalue weighted by Crippen LogP contribution is -2.38. The maximum Gasteiger partial charge on any atom is 0.310 e. The molecule has 0 aromatic heterocycles. The highest BCUT2D eigenvalue weighted by Crippen LogP contribution is 2.58. The molecule has 2 fully saturated rings. The van der Waals surface area contributed by atoms with Gasteiger partial charge < -0.3 is 5.11 Å². The second-order valence-corrected chi connectivity index (χ2v) is 6.73. The second kappa shape index (κ2) is 4.68. The standard InChI is InChI=1S/C15H16Cl2O2/c16-12-2-1-3-13(17)11(12)8-15(14(18)19)7-9-4-5-10(15)6-9/h1-3,9-10H,4-8H2,(H,18,19). The fraction of sp³-hybridized carbons (Fsp3) is 0.533.